The minimum atomic E-state index is 0.370. The van der Waals surface area contributed by atoms with Gasteiger partial charge >= 0.3 is 0 Å². The lowest BCUT2D eigenvalue weighted by Gasteiger charge is -2.20. The van der Waals surface area contributed by atoms with Crippen LogP contribution in [0.4, 0.5) is 5.69 Å². The molecule has 1 aromatic heterocycles. The third-order valence-corrected chi connectivity index (χ3v) is 5.01. The molecule has 0 bridgehead atoms. The maximum atomic E-state index is 3.67. The van der Waals surface area contributed by atoms with E-state index < -0.39 is 0 Å². The van der Waals surface area contributed by atoms with E-state index in [1.807, 2.05) is 11.3 Å². The molecule has 3 heteroatoms. The molecule has 1 aliphatic rings. The molecule has 0 saturated carbocycles. The van der Waals surface area contributed by atoms with Crippen LogP contribution >= 0.6 is 11.3 Å². The molecule has 0 radical (unpaired) electrons. The van der Waals surface area contributed by atoms with Crippen LogP contribution in [0.3, 0.4) is 0 Å². The van der Waals surface area contributed by atoms with Crippen molar-refractivity contribution < 1.29 is 0 Å². The molecule has 1 aliphatic heterocycles. The summed E-state index contributed by atoms with van der Waals surface area (Å²) in [5.74, 6) is 0. The summed E-state index contributed by atoms with van der Waals surface area (Å²) in [4.78, 5) is 3.94. The Morgan fingerprint density at radius 3 is 2.70 bits per heavy atom. The minimum absolute atomic E-state index is 0.370. The second-order valence-corrected chi connectivity index (χ2v) is 6.50. The number of rotatable bonds is 5. The summed E-state index contributed by atoms with van der Waals surface area (Å²) in [6.45, 7) is 5.79. The van der Waals surface area contributed by atoms with E-state index in [0.29, 0.717) is 6.04 Å². The van der Waals surface area contributed by atoms with Gasteiger partial charge in [0.2, 0.25) is 0 Å². The molecular formula is C17H22N2S. The third-order valence-electron chi connectivity index (χ3n) is 3.95. The monoisotopic (exact) mass is 286 g/mol. The quantitative estimate of drug-likeness (QED) is 0.869. The summed E-state index contributed by atoms with van der Waals surface area (Å²) in [6.07, 6.45) is 2.70. The number of anilines is 1. The number of likely N-dealkylation sites (tertiary alicyclic amines) is 1. The van der Waals surface area contributed by atoms with Crippen molar-refractivity contribution in [2.75, 3.05) is 18.4 Å². The largest absolute Gasteiger partial charge is 0.377 e. The summed E-state index contributed by atoms with van der Waals surface area (Å²) in [5, 5.41) is 5.81. The first-order valence-corrected chi connectivity index (χ1v) is 8.31. The summed E-state index contributed by atoms with van der Waals surface area (Å²) < 4.78 is 0. The first-order chi connectivity index (χ1) is 9.83. The number of hydrogen-bond donors (Lipinski definition) is 1. The van der Waals surface area contributed by atoms with Gasteiger partial charge in [-0.05, 0) is 55.9 Å². The number of nitrogens with one attached hydrogen (secondary N) is 1. The van der Waals surface area contributed by atoms with Crippen LogP contribution in [0.1, 0.15) is 36.2 Å². The zero-order chi connectivity index (χ0) is 13.8. The fourth-order valence-electron chi connectivity index (χ4n) is 2.82. The van der Waals surface area contributed by atoms with E-state index in [9.17, 15) is 0 Å². The van der Waals surface area contributed by atoms with Gasteiger partial charge in [0.05, 0.1) is 6.04 Å². The van der Waals surface area contributed by atoms with E-state index in [-0.39, 0.29) is 0 Å². The zero-order valence-corrected chi connectivity index (χ0v) is 12.8. The Hall–Kier alpha value is -1.32. The van der Waals surface area contributed by atoms with Crippen LogP contribution in [0.2, 0.25) is 0 Å². The molecule has 2 aromatic rings. The Balaban J connectivity index is 1.72. The third kappa shape index (κ3) is 3.22. The highest BCUT2D eigenvalue weighted by molar-refractivity contribution is 7.10. The smallest absolute Gasteiger partial charge is 0.0578 e. The molecule has 1 N–H and O–H groups in total. The second kappa shape index (κ2) is 6.42. The van der Waals surface area contributed by atoms with Crippen molar-refractivity contribution in [2.24, 2.45) is 0 Å². The number of thiophene rings is 1. The molecular weight excluding hydrogens is 264 g/mol. The van der Waals surface area contributed by atoms with Crippen molar-refractivity contribution in [3.63, 3.8) is 0 Å². The first kappa shape index (κ1) is 13.7. The highest BCUT2D eigenvalue weighted by Crippen LogP contribution is 2.26. The van der Waals surface area contributed by atoms with Crippen LogP contribution < -0.4 is 5.32 Å². The van der Waals surface area contributed by atoms with E-state index in [1.54, 1.807) is 0 Å². The van der Waals surface area contributed by atoms with Crippen molar-refractivity contribution in [3.8, 4) is 0 Å². The fourth-order valence-corrected chi connectivity index (χ4v) is 3.56. The maximum Gasteiger partial charge on any atom is 0.0578 e. The van der Waals surface area contributed by atoms with Gasteiger partial charge in [-0.15, -0.1) is 11.3 Å². The average molecular weight is 286 g/mol. The molecule has 1 atom stereocenters. The Labute approximate surface area is 125 Å². The molecule has 2 nitrogen and oxygen atoms in total. The van der Waals surface area contributed by atoms with Gasteiger partial charge in [0, 0.05) is 17.1 Å². The molecule has 3 rings (SSSR count). The standard InChI is InChI=1S/C17H22N2S/c1-14(17-9-6-12-20-17)18-16-8-3-2-7-15(16)13-19-10-4-5-11-19/h2-3,6-9,12,14,18H,4-5,10-11,13H2,1H3. The summed E-state index contributed by atoms with van der Waals surface area (Å²) >= 11 is 1.82. The van der Waals surface area contributed by atoms with Gasteiger partial charge in [-0.2, -0.15) is 0 Å². The topological polar surface area (TPSA) is 15.3 Å². The first-order valence-electron chi connectivity index (χ1n) is 7.43. The van der Waals surface area contributed by atoms with Crippen molar-refractivity contribution in [1.82, 2.24) is 4.90 Å². The van der Waals surface area contributed by atoms with Crippen molar-refractivity contribution >= 4 is 17.0 Å². The summed E-state index contributed by atoms with van der Waals surface area (Å²) in [6, 6.07) is 13.4. The highest BCUT2D eigenvalue weighted by Gasteiger charge is 2.14. The lowest BCUT2D eigenvalue weighted by Crippen LogP contribution is -2.19. The Morgan fingerprint density at radius 2 is 1.95 bits per heavy atom. The SMILES string of the molecule is CC(Nc1ccccc1CN1CCCC1)c1cccs1. The van der Waals surface area contributed by atoms with Crippen LogP contribution in [0, 0.1) is 0 Å². The van der Waals surface area contributed by atoms with Gasteiger partial charge in [-0.25, -0.2) is 0 Å². The van der Waals surface area contributed by atoms with Crippen molar-refractivity contribution in [3.05, 3.63) is 52.2 Å². The Kier molecular flexibility index (Phi) is 4.38. The molecule has 0 amide bonds. The lowest BCUT2D eigenvalue weighted by atomic mass is 10.1. The number of para-hydroxylation sites is 1. The fraction of sp³-hybridized carbons (Fsp3) is 0.412. The van der Waals surface area contributed by atoms with E-state index in [4.69, 9.17) is 0 Å². The number of benzene rings is 1. The van der Waals surface area contributed by atoms with E-state index in [2.05, 4.69) is 58.9 Å². The molecule has 1 aromatic carbocycles. The normalized spacial score (nSPS) is 17.2. The van der Waals surface area contributed by atoms with Crippen molar-refractivity contribution in [1.29, 1.82) is 0 Å². The number of hydrogen-bond acceptors (Lipinski definition) is 3. The highest BCUT2D eigenvalue weighted by atomic mass is 32.1. The van der Waals surface area contributed by atoms with E-state index >= 15 is 0 Å². The van der Waals surface area contributed by atoms with Crippen LogP contribution in [0.25, 0.3) is 0 Å². The zero-order valence-electron chi connectivity index (χ0n) is 12.0. The summed E-state index contributed by atoms with van der Waals surface area (Å²) in [5.41, 5.74) is 2.69. The van der Waals surface area contributed by atoms with E-state index in [1.165, 1.54) is 42.1 Å². The number of nitrogens with zero attached hydrogens (tertiary/aromatic N) is 1. The van der Waals surface area contributed by atoms with Crippen molar-refractivity contribution in [2.45, 2.75) is 32.4 Å². The van der Waals surface area contributed by atoms with Crippen LogP contribution in [0.5, 0.6) is 0 Å². The van der Waals surface area contributed by atoms with Gasteiger partial charge in [-0.1, -0.05) is 24.3 Å². The lowest BCUT2D eigenvalue weighted by molar-refractivity contribution is 0.332. The van der Waals surface area contributed by atoms with Gasteiger partial charge in [0.25, 0.3) is 0 Å². The molecule has 106 valence electrons. The molecule has 1 saturated heterocycles. The minimum Gasteiger partial charge on any atom is -0.377 e. The average Bonchev–Trinajstić information content (AvgIpc) is 3.13. The molecule has 0 aliphatic carbocycles. The predicted octanol–water partition coefficient (Wildman–Crippen LogP) is 4.52. The van der Waals surface area contributed by atoms with Crippen LogP contribution in [-0.2, 0) is 6.54 Å². The van der Waals surface area contributed by atoms with Gasteiger partial charge in [0.1, 0.15) is 0 Å². The van der Waals surface area contributed by atoms with Gasteiger partial charge in [0.15, 0.2) is 0 Å². The molecule has 2 heterocycles. The Morgan fingerprint density at radius 1 is 1.15 bits per heavy atom. The van der Waals surface area contributed by atoms with Crippen LogP contribution in [-0.4, -0.2) is 18.0 Å². The molecule has 1 fully saturated rings. The van der Waals surface area contributed by atoms with Gasteiger partial charge < -0.3 is 5.32 Å². The molecule has 20 heavy (non-hydrogen) atoms. The summed E-state index contributed by atoms with van der Waals surface area (Å²) in [7, 11) is 0. The molecule has 0 spiro atoms. The Bertz CT molecular complexity index is 530. The molecule has 1 unspecified atom stereocenters. The van der Waals surface area contributed by atoms with E-state index in [0.717, 1.165) is 6.54 Å². The predicted molar refractivity (Wildman–Crippen MR) is 87.3 cm³/mol. The second-order valence-electron chi connectivity index (χ2n) is 5.52. The van der Waals surface area contributed by atoms with Crippen LogP contribution in [0.15, 0.2) is 41.8 Å². The maximum absolute atomic E-state index is 3.67. The van der Waals surface area contributed by atoms with Gasteiger partial charge in [-0.3, -0.25) is 4.90 Å².